The zero-order chi connectivity index (χ0) is 7.28. The van der Waals surface area contributed by atoms with Crippen LogP contribution in [0.15, 0.2) is 16.8 Å². The van der Waals surface area contributed by atoms with Gasteiger partial charge in [0.1, 0.15) is 0 Å². The van der Waals surface area contributed by atoms with Crippen molar-refractivity contribution in [2.24, 2.45) is 5.10 Å². The highest BCUT2D eigenvalue weighted by Gasteiger charge is 1.97. The van der Waals surface area contributed by atoms with Gasteiger partial charge in [0.25, 0.3) is 5.91 Å². The topological polar surface area (TPSA) is 41.5 Å². The maximum absolute atomic E-state index is 10.7. The van der Waals surface area contributed by atoms with Gasteiger partial charge in [-0.2, -0.15) is 5.10 Å². The predicted molar refractivity (Wildman–Crippen MR) is 37.1 cm³/mol. The summed E-state index contributed by atoms with van der Waals surface area (Å²) in [6.07, 6.45) is 1.71. The van der Waals surface area contributed by atoms with Crippen LogP contribution < -0.4 is 5.43 Å². The fourth-order valence-corrected chi connectivity index (χ4v) is 0.291. The summed E-state index contributed by atoms with van der Waals surface area (Å²) >= 11 is 0. The van der Waals surface area contributed by atoms with Gasteiger partial charge in [-0.3, -0.25) is 4.79 Å². The number of hydrazone groups is 1. The van der Waals surface area contributed by atoms with Gasteiger partial charge in [-0.25, -0.2) is 5.43 Å². The fourth-order valence-electron chi connectivity index (χ4n) is 0.291. The van der Waals surface area contributed by atoms with E-state index in [-0.39, 0.29) is 5.91 Å². The fraction of sp³-hybridized carbons (Fsp3) is 0.333. The van der Waals surface area contributed by atoms with Gasteiger partial charge >= 0.3 is 0 Å². The highest BCUT2D eigenvalue weighted by Crippen LogP contribution is 1.89. The summed E-state index contributed by atoms with van der Waals surface area (Å²) in [6.45, 7) is 6.61. The van der Waals surface area contributed by atoms with Crippen LogP contribution in [0.5, 0.6) is 0 Å². The van der Waals surface area contributed by atoms with Crippen LogP contribution in [-0.2, 0) is 4.79 Å². The maximum atomic E-state index is 10.7. The van der Waals surface area contributed by atoms with Gasteiger partial charge in [-0.05, 0) is 13.8 Å². The number of hydrogen-bond donors (Lipinski definition) is 1. The number of hydrogen-bond acceptors (Lipinski definition) is 2. The van der Waals surface area contributed by atoms with E-state index < -0.39 is 0 Å². The molecule has 0 spiro atoms. The van der Waals surface area contributed by atoms with Gasteiger partial charge in [-0.15, -0.1) is 0 Å². The van der Waals surface area contributed by atoms with Crippen molar-refractivity contribution < 1.29 is 4.79 Å². The van der Waals surface area contributed by atoms with Crippen molar-refractivity contribution in [2.45, 2.75) is 13.8 Å². The number of allylic oxidation sites excluding steroid dienone is 1. The van der Waals surface area contributed by atoms with Crippen LogP contribution in [0.4, 0.5) is 0 Å². The average molecular weight is 126 g/mol. The van der Waals surface area contributed by atoms with Crippen LogP contribution in [0.1, 0.15) is 13.8 Å². The lowest BCUT2D eigenvalue weighted by Gasteiger charge is -1.94. The molecule has 0 radical (unpaired) electrons. The van der Waals surface area contributed by atoms with Gasteiger partial charge in [0.15, 0.2) is 0 Å². The molecule has 0 atom stereocenters. The van der Waals surface area contributed by atoms with Crippen molar-refractivity contribution in [3.63, 3.8) is 0 Å². The quantitative estimate of drug-likeness (QED) is 0.330. The number of carbonyl (C=O) groups is 1. The number of nitrogens with one attached hydrogen (secondary N) is 1. The predicted octanol–water partition coefficient (Wildman–Crippen LogP) is 0.684. The summed E-state index contributed by atoms with van der Waals surface area (Å²) in [5.41, 5.74) is 2.84. The SMILES string of the molecule is C=NNC(=O)/C(C)=C/C. The van der Waals surface area contributed by atoms with Crippen molar-refractivity contribution >= 4 is 12.6 Å². The van der Waals surface area contributed by atoms with E-state index >= 15 is 0 Å². The molecule has 0 aliphatic carbocycles. The summed E-state index contributed by atoms with van der Waals surface area (Å²) in [7, 11) is 0. The molecule has 50 valence electrons. The van der Waals surface area contributed by atoms with Crippen LogP contribution in [0.2, 0.25) is 0 Å². The van der Waals surface area contributed by atoms with Crippen LogP contribution in [0, 0.1) is 0 Å². The van der Waals surface area contributed by atoms with E-state index in [0.29, 0.717) is 5.57 Å². The highest BCUT2D eigenvalue weighted by molar-refractivity contribution is 5.92. The smallest absolute Gasteiger partial charge is 0.266 e. The van der Waals surface area contributed by atoms with Crippen LogP contribution >= 0.6 is 0 Å². The Morgan fingerprint density at radius 3 is 2.67 bits per heavy atom. The zero-order valence-electron chi connectivity index (χ0n) is 5.64. The molecule has 0 fully saturated rings. The van der Waals surface area contributed by atoms with Crippen molar-refractivity contribution in [3.05, 3.63) is 11.6 Å². The Bertz CT molecular complexity index is 149. The average Bonchev–Trinajstić information content (AvgIpc) is 1.87. The molecular formula is C6H10N2O. The van der Waals surface area contributed by atoms with Gasteiger partial charge in [0, 0.05) is 12.3 Å². The number of amides is 1. The molecule has 0 aromatic heterocycles. The minimum Gasteiger partial charge on any atom is -0.268 e. The monoisotopic (exact) mass is 126 g/mol. The van der Waals surface area contributed by atoms with E-state index in [1.165, 1.54) is 0 Å². The van der Waals surface area contributed by atoms with Crippen molar-refractivity contribution in [1.82, 2.24) is 5.43 Å². The lowest BCUT2D eigenvalue weighted by molar-refractivity contribution is -0.117. The Labute approximate surface area is 54.5 Å². The van der Waals surface area contributed by atoms with E-state index in [1.54, 1.807) is 19.9 Å². The normalized spacial score (nSPS) is 10.7. The third-order valence-electron chi connectivity index (χ3n) is 0.972. The minimum absolute atomic E-state index is 0.201. The molecular weight excluding hydrogens is 116 g/mol. The first kappa shape index (κ1) is 7.88. The van der Waals surface area contributed by atoms with Gasteiger partial charge in [0.2, 0.25) is 0 Å². The van der Waals surface area contributed by atoms with E-state index in [0.717, 1.165) is 0 Å². The molecule has 0 aliphatic rings. The summed E-state index contributed by atoms with van der Waals surface area (Å²) in [4.78, 5) is 10.7. The van der Waals surface area contributed by atoms with Gasteiger partial charge in [-0.1, -0.05) is 6.08 Å². The molecule has 0 aliphatic heterocycles. The highest BCUT2D eigenvalue weighted by atomic mass is 16.2. The maximum Gasteiger partial charge on any atom is 0.266 e. The third-order valence-corrected chi connectivity index (χ3v) is 0.972. The van der Waals surface area contributed by atoms with Crippen molar-refractivity contribution in [2.75, 3.05) is 0 Å². The van der Waals surface area contributed by atoms with Gasteiger partial charge < -0.3 is 0 Å². The Morgan fingerprint density at radius 1 is 1.78 bits per heavy atom. The van der Waals surface area contributed by atoms with E-state index in [2.05, 4.69) is 17.2 Å². The Morgan fingerprint density at radius 2 is 2.33 bits per heavy atom. The van der Waals surface area contributed by atoms with Crippen molar-refractivity contribution in [1.29, 1.82) is 0 Å². The number of rotatable bonds is 2. The number of nitrogens with zero attached hydrogens (tertiary/aromatic N) is 1. The second kappa shape index (κ2) is 3.83. The summed E-state index contributed by atoms with van der Waals surface area (Å²) in [6, 6.07) is 0. The molecule has 0 heterocycles. The lowest BCUT2D eigenvalue weighted by Crippen LogP contribution is -2.17. The first-order valence-electron chi connectivity index (χ1n) is 2.61. The van der Waals surface area contributed by atoms with E-state index in [1.807, 2.05) is 0 Å². The molecule has 3 nitrogen and oxygen atoms in total. The molecule has 0 bridgehead atoms. The van der Waals surface area contributed by atoms with Crippen LogP contribution in [-0.4, -0.2) is 12.6 Å². The first-order valence-corrected chi connectivity index (χ1v) is 2.61. The molecule has 3 heteroatoms. The summed E-state index contributed by atoms with van der Waals surface area (Å²) in [5.74, 6) is -0.201. The first-order chi connectivity index (χ1) is 4.22. The van der Waals surface area contributed by atoms with Crippen LogP contribution in [0.25, 0.3) is 0 Å². The summed E-state index contributed by atoms with van der Waals surface area (Å²) < 4.78 is 0. The molecule has 0 saturated heterocycles. The number of carbonyl (C=O) groups excluding carboxylic acids is 1. The Kier molecular flexibility index (Phi) is 3.35. The largest absolute Gasteiger partial charge is 0.268 e. The second-order valence-electron chi connectivity index (χ2n) is 1.57. The minimum atomic E-state index is -0.201. The Balaban J connectivity index is 3.88. The van der Waals surface area contributed by atoms with Gasteiger partial charge in [0.05, 0.1) is 0 Å². The molecule has 0 rings (SSSR count). The molecule has 0 aromatic rings. The zero-order valence-corrected chi connectivity index (χ0v) is 5.64. The van der Waals surface area contributed by atoms with Crippen molar-refractivity contribution in [3.8, 4) is 0 Å². The van der Waals surface area contributed by atoms with E-state index in [4.69, 9.17) is 0 Å². The molecule has 0 aromatic carbocycles. The summed E-state index contributed by atoms with van der Waals surface area (Å²) in [5, 5.41) is 3.21. The van der Waals surface area contributed by atoms with E-state index in [9.17, 15) is 4.79 Å². The third kappa shape index (κ3) is 2.64. The standard InChI is InChI=1S/C6H10N2O/c1-4-5(2)6(9)8-7-3/h4H,3H2,1-2H3,(H,8,9)/b5-4+. The molecule has 1 N–H and O–H groups in total. The Hall–Kier alpha value is -1.12. The molecule has 0 unspecified atom stereocenters. The molecule has 0 saturated carbocycles. The molecule has 9 heavy (non-hydrogen) atoms. The molecule has 1 amide bonds. The lowest BCUT2D eigenvalue weighted by atomic mass is 10.3. The van der Waals surface area contributed by atoms with Crippen LogP contribution in [0.3, 0.4) is 0 Å². The second-order valence-corrected chi connectivity index (χ2v) is 1.57.